The summed E-state index contributed by atoms with van der Waals surface area (Å²) in [6.45, 7) is 3.85. The molecule has 31 heavy (non-hydrogen) atoms. The van der Waals surface area contributed by atoms with Gasteiger partial charge in [0.1, 0.15) is 0 Å². The predicted molar refractivity (Wildman–Crippen MR) is 111 cm³/mol. The van der Waals surface area contributed by atoms with E-state index in [9.17, 15) is 18.0 Å². The zero-order valence-corrected chi connectivity index (χ0v) is 17.7. The Morgan fingerprint density at radius 2 is 1.68 bits per heavy atom. The fourth-order valence-electron chi connectivity index (χ4n) is 2.63. The zero-order chi connectivity index (χ0) is 23.0. The maximum Gasteiger partial charge on any atom is 0.416 e. The first-order chi connectivity index (χ1) is 14.6. The van der Waals surface area contributed by atoms with E-state index in [0.717, 1.165) is 29.8 Å². The van der Waals surface area contributed by atoms with Gasteiger partial charge in [-0.1, -0.05) is 6.07 Å². The molecular weight excluding hydrogens is 413 g/mol. The fourth-order valence-corrected chi connectivity index (χ4v) is 2.63. The summed E-state index contributed by atoms with van der Waals surface area (Å²) in [6.07, 6.45) is -4.18. The first kappa shape index (κ1) is 24.0. The summed E-state index contributed by atoms with van der Waals surface area (Å²) in [7, 11) is 3.10. The first-order valence-electron chi connectivity index (χ1n) is 9.54. The van der Waals surface area contributed by atoms with Gasteiger partial charge in [0.2, 0.25) is 0 Å². The lowest BCUT2D eigenvalue weighted by molar-refractivity contribution is -0.137. The second kappa shape index (κ2) is 10.7. The van der Waals surface area contributed by atoms with Crippen LogP contribution in [0.4, 0.5) is 13.2 Å². The number of benzene rings is 2. The van der Waals surface area contributed by atoms with Crippen LogP contribution in [0.15, 0.2) is 47.5 Å². The maximum atomic E-state index is 12.7. The van der Waals surface area contributed by atoms with Crippen molar-refractivity contribution in [3.63, 3.8) is 0 Å². The van der Waals surface area contributed by atoms with Crippen molar-refractivity contribution in [2.45, 2.75) is 32.5 Å². The van der Waals surface area contributed by atoms with Gasteiger partial charge in [0.05, 0.1) is 25.9 Å². The van der Waals surface area contributed by atoms with Gasteiger partial charge in [0, 0.05) is 12.1 Å². The number of carbonyl (C=O) groups is 1. The number of amidine groups is 1. The second-order valence-electron chi connectivity index (χ2n) is 6.82. The molecule has 0 bridgehead atoms. The van der Waals surface area contributed by atoms with E-state index in [1.807, 2.05) is 12.1 Å². The molecule has 2 aromatic carbocycles. The van der Waals surface area contributed by atoms with E-state index in [-0.39, 0.29) is 17.7 Å². The molecule has 0 spiro atoms. The van der Waals surface area contributed by atoms with Crippen molar-refractivity contribution >= 4 is 11.9 Å². The number of methoxy groups -OCH3 is 2. The molecule has 1 N–H and O–H groups in total. The molecule has 1 amide bonds. The van der Waals surface area contributed by atoms with E-state index in [1.165, 1.54) is 0 Å². The maximum absolute atomic E-state index is 12.7. The lowest BCUT2D eigenvalue weighted by atomic mass is 10.1. The molecule has 0 aliphatic heterocycles. The average molecular weight is 438 g/mol. The van der Waals surface area contributed by atoms with Crippen LogP contribution < -0.4 is 14.8 Å². The number of nitrogens with one attached hydrogen (secondary N) is 1. The Morgan fingerprint density at radius 3 is 2.23 bits per heavy atom. The van der Waals surface area contributed by atoms with Crippen molar-refractivity contribution in [1.29, 1.82) is 0 Å². The smallest absolute Gasteiger partial charge is 0.416 e. The van der Waals surface area contributed by atoms with E-state index in [4.69, 9.17) is 14.2 Å². The minimum Gasteiger partial charge on any atom is -0.493 e. The quantitative estimate of drug-likeness (QED) is 0.511. The number of halogens is 3. The Morgan fingerprint density at radius 1 is 1.03 bits per heavy atom. The standard InChI is InChI=1S/C22H25F3N2O4/c1-14(2)31-21(26-12-11-15-5-10-18(29-3)19(13-15)30-4)27-20(28)16-6-8-17(9-7-16)22(23,24)25/h5-10,13-14H,11-12H2,1-4H3,(H,26,27,28). The molecule has 0 saturated heterocycles. The third kappa shape index (κ3) is 7.20. The Bertz CT molecular complexity index is 910. The summed E-state index contributed by atoms with van der Waals surface area (Å²) < 4.78 is 54.1. The van der Waals surface area contributed by atoms with E-state index < -0.39 is 17.6 Å². The Labute approximate surface area is 179 Å². The molecule has 0 aliphatic carbocycles. The van der Waals surface area contributed by atoms with E-state index in [0.29, 0.717) is 24.5 Å². The molecule has 0 saturated carbocycles. The van der Waals surface area contributed by atoms with Crippen molar-refractivity contribution in [3.8, 4) is 11.5 Å². The lowest BCUT2D eigenvalue weighted by Gasteiger charge is -2.14. The lowest BCUT2D eigenvalue weighted by Crippen LogP contribution is -2.34. The molecule has 168 valence electrons. The van der Waals surface area contributed by atoms with Crippen LogP contribution in [-0.4, -0.2) is 38.8 Å². The van der Waals surface area contributed by atoms with Gasteiger partial charge >= 0.3 is 6.18 Å². The normalized spacial score (nSPS) is 11.9. The van der Waals surface area contributed by atoms with E-state index in [2.05, 4.69) is 10.3 Å². The Balaban J connectivity index is 2.07. The third-order valence-electron chi connectivity index (χ3n) is 4.15. The molecule has 0 aromatic heterocycles. The molecule has 0 fully saturated rings. The number of rotatable bonds is 7. The molecule has 2 aromatic rings. The number of amides is 1. The van der Waals surface area contributed by atoms with Crippen LogP contribution in [0.3, 0.4) is 0 Å². The summed E-state index contributed by atoms with van der Waals surface area (Å²) in [5.74, 6) is 0.597. The SMILES string of the molecule is COc1ccc(CCN=C(NC(=O)c2ccc(C(F)(F)F)cc2)OC(C)C)cc1OC. The molecule has 0 heterocycles. The summed E-state index contributed by atoms with van der Waals surface area (Å²) >= 11 is 0. The highest BCUT2D eigenvalue weighted by Crippen LogP contribution is 2.29. The highest BCUT2D eigenvalue weighted by atomic mass is 19.4. The topological polar surface area (TPSA) is 69.2 Å². The molecule has 0 atom stereocenters. The van der Waals surface area contributed by atoms with Crippen LogP contribution in [0.5, 0.6) is 11.5 Å². The monoisotopic (exact) mass is 438 g/mol. The molecular formula is C22H25F3N2O4. The number of hydrogen-bond acceptors (Lipinski definition) is 5. The number of nitrogens with zero attached hydrogens (tertiary/aromatic N) is 1. The van der Waals surface area contributed by atoms with Crippen molar-refractivity contribution in [2.75, 3.05) is 20.8 Å². The van der Waals surface area contributed by atoms with Crippen molar-refractivity contribution in [1.82, 2.24) is 5.32 Å². The van der Waals surface area contributed by atoms with Gasteiger partial charge in [-0.05, 0) is 62.2 Å². The van der Waals surface area contributed by atoms with Gasteiger partial charge in [-0.15, -0.1) is 0 Å². The molecule has 9 heteroatoms. The van der Waals surface area contributed by atoms with Crippen LogP contribution in [0, 0.1) is 0 Å². The summed E-state index contributed by atoms with van der Waals surface area (Å²) in [4.78, 5) is 16.7. The van der Waals surface area contributed by atoms with Gasteiger partial charge in [0.15, 0.2) is 11.5 Å². The molecule has 0 radical (unpaired) electrons. The predicted octanol–water partition coefficient (Wildman–Crippen LogP) is 4.48. The van der Waals surface area contributed by atoms with Gasteiger partial charge in [-0.3, -0.25) is 10.1 Å². The fraction of sp³-hybridized carbons (Fsp3) is 0.364. The number of ether oxygens (including phenoxy) is 3. The number of alkyl halides is 3. The van der Waals surface area contributed by atoms with Crippen LogP contribution in [0.1, 0.15) is 35.3 Å². The van der Waals surface area contributed by atoms with Crippen molar-refractivity contribution in [2.24, 2.45) is 4.99 Å². The Hall–Kier alpha value is -3.23. The summed E-state index contributed by atoms with van der Waals surface area (Å²) in [5.41, 5.74) is 0.179. The minimum absolute atomic E-state index is 0.000347. The van der Waals surface area contributed by atoms with Gasteiger partial charge in [-0.2, -0.15) is 13.2 Å². The van der Waals surface area contributed by atoms with Gasteiger partial charge < -0.3 is 14.2 Å². The van der Waals surface area contributed by atoms with Crippen LogP contribution >= 0.6 is 0 Å². The summed E-state index contributed by atoms with van der Waals surface area (Å²) in [6, 6.07) is 9.41. The van der Waals surface area contributed by atoms with Crippen LogP contribution in [-0.2, 0) is 17.3 Å². The van der Waals surface area contributed by atoms with Crippen LogP contribution in [0.2, 0.25) is 0 Å². The highest BCUT2D eigenvalue weighted by molar-refractivity contribution is 6.04. The van der Waals surface area contributed by atoms with Crippen molar-refractivity contribution < 1.29 is 32.2 Å². The first-order valence-corrected chi connectivity index (χ1v) is 9.54. The highest BCUT2D eigenvalue weighted by Gasteiger charge is 2.30. The molecule has 0 aliphatic rings. The zero-order valence-electron chi connectivity index (χ0n) is 17.7. The summed E-state index contributed by atoms with van der Waals surface area (Å²) in [5, 5.41) is 2.51. The van der Waals surface area contributed by atoms with E-state index in [1.54, 1.807) is 34.1 Å². The van der Waals surface area contributed by atoms with E-state index >= 15 is 0 Å². The van der Waals surface area contributed by atoms with Gasteiger partial charge in [-0.25, -0.2) is 4.99 Å². The second-order valence-corrected chi connectivity index (χ2v) is 6.82. The van der Waals surface area contributed by atoms with Gasteiger partial charge in [0.25, 0.3) is 11.9 Å². The average Bonchev–Trinajstić information content (AvgIpc) is 2.72. The largest absolute Gasteiger partial charge is 0.493 e. The number of carbonyl (C=O) groups excluding carboxylic acids is 1. The minimum atomic E-state index is -4.47. The molecule has 0 unspecified atom stereocenters. The van der Waals surface area contributed by atoms with Crippen LogP contribution in [0.25, 0.3) is 0 Å². The number of aliphatic imine (C=N–C) groups is 1. The van der Waals surface area contributed by atoms with Crippen molar-refractivity contribution in [3.05, 3.63) is 59.2 Å². The Kier molecular flexibility index (Phi) is 8.30. The molecule has 6 nitrogen and oxygen atoms in total. The third-order valence-corrected chi connectivity index (χ3v) is 4.15. The molecule has 2 rings (SSSR count). The number of hydrogen-bond donors (Lipinski definition) is 1.